The minimum atomic E-state index is -3.75. The van der Waals surface area contributed by atoms with Crippen LogP contribution in [0.3, 0.4) is 0 Å². The van der Waals surface area contributed by atoms with Crippen LogP contribution in [0.2, 0.25) is 5.02 Å². The quantitative estimate of drug-likeness (QED) is 0.210. The van der Waals surface area contributed by atoms with Crippen molar-refractivity contribution in [3.05, 3.63) is 55.7 Å². The largest absolute Gasteiger partial charge is 0.352 e. The molecule has 0 bridgehead atoms. The van der Waals surface area contributed by atoms with Gasteiger partial charge in [0, 0.05) is 18.6 Å². The van der Waals surface area contributed by atoms with Crippen molar-refractivity contribution in [2.24, 2.45) is 7.05 Å². The van der Waals surface area contributed by atoms with Crippen molar-refractivity contribution in [3.63, 3.8) is 0 Å². The summed E-state index contributed by atoms with van der Waals surface area (Å²) in [5.41, 5.74) is -0.0629. The third kappa shape index (κ3) is 5.79. The predicted molar refractivity (Wildman–Crippen MR) is 140 cm³/mol. The lowest BCUT2D eigenvalue weighted by Crippen LogP contribution is -2.40. The van der Waals surface area contributed by atoms with Gasteiger partial charge in [0.05, 0.1) is 24.9 Å². The number of aryl methyl sites for hydroxylation is 1. The molecule has 0 aliphatic carbocycles. The Balaban J connectivity index is 2.21. The zero-order valence-electron chi connectivity index (χ0n) is 18.2. The van der Waals surface area contributed by atoms with E-state index in [4.69, 9.17) is 16.1 Å². The van der Waals surface area contributed by atoms with Crippen LogP contribution < -0.4 is 16.0 Å². The van der Waals surface area contributed by atoms with Gasteiger partial charge in [-0.3, -0.25) is 23.2 Å². The zero-order valence-corrected chi connectivity index (χ0v) is 22.9. The van der Waals surface area contributed by atoms with Crippen LogP contribution in [0.25, 0.3) is 11.2 Å². The van der Waals surface area contributed by atoms with Gasteiger partial charge in [-0.25, -0.2) is 13.2 Å². The monoisotopic (exact) mass is 627 g/mol. The highest BCUT2D eigenvalue weighted by Gasteiger charge is 2.24. The van der Waals surface area contributed by atoms with Crippen molar-refractivity contribution in [3.8, 4) is 0 Å². The number of sulfonamides is 1. The van der Waals surface area contributed by atoms with Gasteiger partial charge >= 0.3 is 5.69 Å². The number of anilines is 1. The van der Waals surface area contributed by atoms with Gasteiger partial charge in [-0.05, 0) is 60.0 Å². The fourth-order valence-electron chi connectivity index (χ4n) is 3.15. The van der Waals surface area contributed by atoms with Crippen LogP contribution in [0.15, 0.2) is 33.9 Å². The Hall–Kier alpha value is -1.47. The average molecular weight is 628 g/mol. The highest BCUT2D eigenvalue weighted by atomic mass is 127. The summed E-state index contributed by atoms with van der Waals surface area (Å²) in [7, 11) is -2.25. The molecule has 180 valence electrons. The molecule has 0 amide bonds. The number of nitrogens with zero attached hydrogens (tertiary/aromatic N) is 4. The molecule has 0 radical (unpaired) electrons. The summed E-state index contributed by atoms with van der Waals surface area (Å²) < 4.78 is 36.8. The van der Waals surface area contributed by atoms with Gasteiger partial charge in [0.25, 0.3) is 5.56 Å². The number of aromatic nitrogens is 4. The van der Waals surface area contributed by atoms with E-state index >= 15 is 0 Å². The molecule has 3 rings (SSSR count). The third-order valence-corrected chi connectivity index (χ3v) is 8.23. The molecule has 0 spiro atoms. The van der Waals surface area contributed by atoms with Crippen molar-refractivity contribution in [1.29, 1.82) is 0 Å². The van der Waals surface area contributed by atoms with E-state index in [2.05, 4.69) is 31.7 Å². The summed E-state index contributed by atoms with van der Waals surface area (Å²) in [5.74, 6) is -0.0343. The SMILES string of the molecule is CC(C)S(=O)(=O)Nc1nc2c(c(=O)n(CCCOPI)c(=O)n2C)n1Cc1ccc(Cl)cc1. The molecule has 0 saturated carbocycles. The summed E-state index contributed by atoms with van der Waals surface area (Å²) >= 11 is 8.09. The highest BCUT2D eigenvalue weighted by molar-refractivity contribution is 14.2. The maximum Gasteiger partial charge on any atom is 0.332 e. The Morgan fingerprint density at radius 1 is 1.21 bits per heavy atom. The Morgan fingerprint density at radius 3 is 2.48 bits per heavy atom. The number of rotatable bonds is 10. The van der Waals surface area contributed by atoms with Gasteiger partial charge < -0.3 is 4.52 Å². The maximum atomic E-state index is 13.4. The lowest BCUT2D eigenvalue weighted by Gasteiger charge is -2.13. The molecule has 1 unspecified atom stereocenters. The average Bonchev–Trinajstić information content (AvgIpc) is 3.10. The summed E-state index contributed by atoms with van der Waals surface area (Å²) in [6, 6.07) is 6.96. The molecule has 0 saturated heterocycles. The number of nitrogens with one attached hydrogen (secondary N) is 1. The fourth-order valence-corrected chi connectivity index (χ4v) is 4.81. The van der Waals surface area contributed by atoms with Crippen molar-refractivity contribution < 1.29 is 12.9 Å². The summed E-state index contributed by atoms with van der Waals surface area (Å²) in [4.78, 5) is 30.6. The summed E-state index contributed by atoms with van der Waals surface area (Å²) in [5, 5.41) is -0.172. The molecule has 1 N–H and O–H groups in total. The Morgan fingerprint density at radius 2 is 1.88 bits per heavy atom. The molecule has 0 aliphatic rings. The molecular weight excluding hydrogens is 604 g/mol. The lowest BCUT2D eigenvalue weighted by molar-refractivity contribution is 0.344. The number of imidazole rings is 1. The number of benzene rings is 1. The first kappa shape index (κ1) is 26.1. The lowest BCUT2D eigenvalue weighted by atomic mass is 10.2. The van der Waals surface area contributed by atoms with Gasteiger partial charge in [-0.1, -0.05) is 23.7 Å². The maximum absolute atomic E-state index is 13.4. The Bertz CT molecular complexity index is 1370. The molecule has 33 heavy (non-hydrogen) atoms. The van der Waals surface area contributed by atoms with Crippen molar-refractivity contribution >= 4 is 67.2 Å². The zero-order chi connectivity index (χ0) is 24.3. The van der Waals surface area contributed by atoms with E-state index in [0.29, 0.717) is 18.1 Å². The molecule has 1 aromatic carbocycles. The molecule has 10 nitrogen and oxygen atoms in total. The van der Waals surface area contributed by atoms with Crippen LogP contribution >= 0.6 is 40.1 Å². The van der Waals surface area contributed by atoms with Crippen molar-refractivity contribution in [2.45, 2.75) is 38.6 Å². The van der Waals surface area contributed by atoms with Crippen LogP contribution in [-0.2, 0) is 34.7 Å². The van der Waals surface area contributed by atoms with E-state index in [1.807, 2.05) is 0 Å². The topological polar surface area (TPSA) is 117 Å². The minimum absolute atomic E-state index is 0.0343. The van der Waals surface area contributed by atoms with Crippen molar-refractivity contribution in [1.82, 2.24) is 18.7 Å². The first-order chi connectivity index (χ1) is 15.6. The minimum Gasteiger partial charge on any atom is -0.352 e. The molecular formula is C19H24ClIN5O5PS. The molecule has 1 atom stereocenters. The van der Waals surface area contributed by atoms with E-state index in [0.717, 1.165) is 10.1 Å². The summed E-state index contributed by atoms with van der Waals surface area (Å²) in [6.45, 7) is 4.10. The van der Waals surface area contributed by atoms with Crippen molar-refractivity contribution in [2.75, 3.05) is 11.3 Å². The van der Waals surface area contributed by atoms with Gasteiger partial charge in [0.2, 0.25) is 16.0 Å². The van der Waals surface area contributed by atoms with Crippen LogP contribution in [0.1, 0.15) is 25.8 Å². The molecule has 3 aromatic rings. The van der Waals surface area contributed by atoms with Crippen LogP contribution in [0.4, 0.5) is 5.95 Å². The second-order valence-electron chi connectivity index (χ2n) is 7.59. The third-order valence-electron chi connectivity index (χ3n) is 5.02. The van der Waals surface area contributed by atoms with Gasteiger partial charge in [0.15, 0.2) is 11.2 Å². The van der Waals surface area contributed by atoms with E-state index < -0.39 is 26.5 Å². The number of hydrogen-bond acceptors (Lipinski definition) is 6. The van der Waals surface area contributed by atoms with Gasteiger partial charge in [-0.15, -0.1) is 0 Å². The summed E-state index contributed by atoms with van der Waals surface area (Å²) in [6.07, 6.45) is 0.481. The van der Waals surface area contributed by atoms with E-state index in [1.54, 1.807) is 24.3 Å². The van der Waals surface area contributed by atoms with Crippen LogP contribution in [0.5, 0.6) is 0 Å². The molecule has 14 heteroatoms. The fraction of sp³-hybridized carbons (Fsp3) is 0.421. The van der Waals surface area contributed by atoms with E-state index in [1.165, 1.54) is 30.0 Å². The molecule has 2 aromatic heterocycles. The Kier molecular flexibility index (Phi) is 8.60. The predicted octanol–water partition coefficient (Wildman–Crippen LogP) is 3.10. The second-order valence-corrected chi connectivity index (χ2v) is 12.0. The van der Waals surface area contributed by atoms with E-state index in [9.17, 15) is 18.0 Å². The number of halogens is 2. The standard InChI is InChI=1S/C19H24ClIN5O5PS/c1-12(2)33(29,30)23-18-22-16-15(26(18)11-13-5-7-14(20)8-6-13)17(27)25(19(28)24(16)3)9-4-10-31-32-21/h5-8,12,32H,4,9-11H2,1-3H3,(H,22,23). The number of fused-ring (bicyclic) bond motifs is 1. The second kappa shape index (κ2) is 10.9. The Labute approximate surface area is 210 Å². The van der Waals surface area contributed by atoms with Gasteiger partial charge in [0.1, 0.15) is 0 Å². The first-order valence-corrected chi connectivity index (χ1v) is 15.9. The van der Waals surface area contributed by atoms with E-state index in [-0.39, 0.29) is 36.7 Å². The first-order valence-electron chi connectivity index (χ1n) is 10.0. The number of hydrogen-bond donors (Lipinski definition) is 1. The highest BCUT2D eigenvalue weighted by Crippen LogP contribution is 2.22. The van der Waals surface area contributed by atoms with Crippen LogP contribution in [0, 0.1) is 0 Å². The van der Waals surface area contributed by atoms with Crippen LogP contribution in [-0.4, -0.2) is 39.0 Å². The van der Waals surface area contributed by atoms with Gasteiger partial charge in [-0.2, -0.15) is 4.98 Å². The smallest absolute Gasteiger partial charge is 0.332 e. The normalized spacial score (nSPS) is 12.4. The molecule has 0 aliphatic heterocycles. The molecule has 0 fully saturated rings. The molecule has 2 heterocycles.